The van der Waals surface area contributed by atoms with Gasteiger partial charge in [0.05, 0.1) is 11.4 Å². The summed E-state index contributed by atoms with van der Waals surface area (Å²) < 4.78 is 5.06. The Bertz CT molecular complexity index is 797. The van der Waals surface area contributed by atoms with Crippen LogP contribution in [0.3, 0.4) is 0 Å². The molecule has 6 nitrogen and oxygen atoms in total. The van der Waals surface area contributed by atoms with Crippen molar-refractivity contribution in [2.45, 2.75) is 0 Å². The molecule has 0 atom stereocenters. The van der Waals surface area contributed by atoms with Gasteiger partial charge in [0.2, 0.25) is 11.8 Å². The van der Waals surface area contributed by atoms with Crippen LogP contribution in [0.1, 0.15) is 10.4 Å². The smallest absolute Gasteiger partial charge is 0.251 e. The van der Waals surface area contributed by atoms with Crippen LogP contribution < -0.4 is 10.6 Å². The van der Waals surface area contributed by atoms with E-state index in [2.05, 4.69) is 15.8 Å². The molecule has 0 spiro atoms. The Morgan fingerprint density at radius 3 is 2.70 bits per heavy atom. The third-order valence-corrected chi connectivity index (χ3v) is 3.88. The minimum absolute atomic E-state index is 0.150. The largest absolute Gasteiger partial charge is 0.343 e. The number of thiophene rings is 1. The summed E-state index contributed by atoms with van der Waals surface area (Å²) in [6.45, 7) is -0.150. The molecule has 3 aromatic rings. The van der Waals surface area contributed by atoms with Crippen LogP contribution in [0.5, 0.6) is 0 Å². The van der Waals surface area contributed by atoms with Gasteiger partial charge in [0, 0.05) is 11.6 Å². The van der Waals surface area contributed by atoms with Crippen molar-refractivity contribution >= 4 is 29.0 Å². The monoisotopic (exact) mass is 327 g/mol. The molecule has 0 unspecified atom stereocenters. The second kappa shape index (κ2) is 6.89. The molecular formula is C16H13N3O3S. The Kier molecular flexibility index (Phi) is 4.49. The molecule has 0 saturated carbocycles. The topological polar surface area (TPSA) is 84.2 Å². The number of carbonyl (C=O) groups is 2. The van der Waals surface area contributed by atoms with E-state index in [1.165, 1.54) is 11.3 Å². The molecule has 2 heterocycles. The molecule has 23 heavy (non-hydrogen) atoms. The van der Waals surface area contributed by atoms with E-state index in [9.17, 15) is 9.59 Å². The molecule has 0 fully saturated rings. The summed E-state index contributed by atoms with van der Waals surface area (Å²) in [5, 5.41) is 10.9. The number of hydrogen-bond donors (Lipinski definition) is 2. The first-order valence-electron chi connectivity index (χ1n) is 6.86. The molecule has 2 aromatic heterocycles. The molecular weight excluding hydrogens is 314 g/mol. The Morgan fingerprint density at radius 1 is 1.13 bits per heavy atom. The Hall–Kier alpha value is -2.93. The zero-order valence-electron chi connectivity index (χ0n) is 12.0. The molecule has 0 bridgehead atoms. The van der Waals surface area contributed by atoms with E-state index in [4.69, 9.17) is 4.52 Å². The van der Waals surface area contributed by atoms with E-state index in [-0.39, 0.29) is 24.2 Å². The van der Waals surface area contributed by atoms with Gasteiger partial charge in [-0.3, -0.25) is 14.9 Å². The lowest BCUT2D eigenvalue weighted by Gasteiger charge is -2.04. The molecule has 3 rings (SSSR count). The molecule has 0 radical (unpaired) electrons. The first-order valence-corrected chi connectivity index (χ1v) is 7.74. The lowest BCUT2D eigenvalue weighted by molar-refractivity contribution is -0.115. The lowest BCUT2D eigenvalue weighted by Crippen LogP contribution is -2.32. The van der Waals surface area contributed by atoms with Crippen molar-refractivity contribution in [1.29, 1.82) is 0 Å². The molecule has 0 aliphatic rings. The van der Waals surface area contributed by atoms with E-state index in [1.807, 2.05) is 23.6 Å². The summed E-state index contributed by atoms with van der Waals surface area (Å²) in [4.78, 5) is 24.6. The Morgan fingerprint density at radius 2 is 1.96 bits per heavy atom. The van der Waals surface area contributed by atoms with Crippen LogP contribution in [0, 0.1) is 0 Å². The number of rotatable bonds is 5. The quantitative estimate of drug-likeness (QED) is 0.755. The summed E-state index contributed by atoms with van der Waals surface area (Å²) in [6, 6.07) is 14.2. The second-order valence-electron chi connectivity index (χ2n) is 4.65. The summed E-state index contributed by atoms with van der Waals surface area (Å²) >= 11 is 1.53. The zero-order valence-corrected chi connectivity index (χ0v) is 12.8. The number of aromatic nitrogens is 1. The van der Waals surface area contributed by atoms with Gasteiger partial charge in [-0.05, 0) is 23.6 Å². The molecule has 0 aliphatic carbocycles. The predicted octanol–water partition coefficient (Wildman–Crippen LogP) is 2.77. The van der Waals surface area contributed by atoms with Gasteiger partial charge in [-0.2, -0.15) is 0 Å². The average Bonchev–Trinajstić information content (AvgIpc) is 3.24. The van der Waals surface area contributed by atoms with Gasteiger partial charge < -0.3 is 9.84 Å². The Balaban J connectivity index is 1.53. The van der Waals surface area contributed by atoms with Gasteiger partial charge in [0.25, 0.3) is 5.91 Å². The van der Waals surface area contributed by atoms with Crippen molar-refractivity contribution in [2.24, 2.45) is 0 Å². The fraction of sp³-hybridized carbons (Fsp3) is 0.0625. The first-order chi connectivity index (χ1) is 11.2. The third-order valence-electron chi connectivity index (χ3n) is 2.99. The van der Waals surface area contributed by atoms with E-state index >= 15 is 0 Å². The number of hydrogen-bond acceptors (Lipinski definition) is 5. The number of nitrogens with one attached hydrogen (secondary N) is 2. The highest BCUT2D eigenvalue weighted by atomic mass is 32.1. The summed E-state index contributed by atoms with van der Waals surface area (Å²) in [7, 11) is 0. The molecule has 1 aromatic carbocycles. The number of anilines is 1. The van der Waals surface area contributed by atoms with Crippen molar-refractivity contribution < 1.29 is 14.1 Å². The van der Waals surface area contributed by atoms with Crippen LogP contribution in [0.25, 0.3) is 10.6 Å². The van der Waals surface area contributed by atoms with Crippen molar-refractivity contribution in [1.82, 2.24) is 10.5 Å². The SMILES string of the molecule is O=C(CNC(=O)c1ccccc1)Nc1cc(-c2cccs2)no1. The van der Waals surface area contributed by atoms with E-state index in [1.54, 1.807) is 30.3 Å². The fourth-order valence-corrected chi connectivity index (χ4v) is 2.59. The molecule has 2 N–H and O–H groups in total. The van der Waals surface area contributed by atoms with Crippen LogP contribution in [-0.4, -0.2) is 23.5 Å². The summed E-state index contributed by atoms with van der Waals surface area (Å²) in [5.74, 6) is -0.451. The average molecular weight is 327 g/mol. The zero-order chi connectivity index (χ0) is 16.1. The maximum absolute atomic E-state index is 11.8. The van der Waals surface area contributed by atoms with Crippen molar-refractivity contribution in [3.05, 3.63) is 59.5 Å². The lowest BCUT2D eigenvalue weighted by atomic mass is 10.2. The third kappa shape index (κ3) is 3.83. The number of nitrogens with zero attached hydrogens (tertiary/aromatic N) is 1. The van der Waals surface area contributed by atoms with Gasteiger partial charge in [-0.15, -0.1) is 11.3 Å². The highest BCUT2D eigenvalue weighted by Gasteiger charge is 2.11. The van der Waals surface area contributed by atoms with Gasteiger partial charge in [-0.25, -0.2) is 0 Å². The molecule has 2 amide bonds. The van der Waals surface area contributed by atoms with E-state index in [0.29, 0.717) is 11.3 Å². The van der Waals surface area contributed by atoms with Crippen molar-refractivity contribution in [2.75, 3.05) is 11.9 Å². The number of carbonyl (C=O) groups excluding carboxylic acids is 2. The van der Waals surface area contributed by atoms with Crippen molar-refractivity contribution in [3.63, 3.8) is 0 Å². The van der Waals surface area contributed by atoms with Gasteiger partial charge in [0.15, 0.2) is 0 Å². The highest BCUT2D eigenvalue weighted by Crippen LogP contribution is 2.25. The summed E-state index contributed by atoms with van der Waals surface area (Å²) in [5.41, 5.74) is 1.16. The standard InChI is InChI=1S/C16H13N3O3S/c20-14(10-17-16(21)11-5-2-1-3-6-11)18-15-9-12(19-22-15)13-7-4-8-23-13/h1-9H,10H2,(H,17,21)(H,18,20). The molecule has 116 valence electrons. The van der Waals surface area contributed by atoms with Crippen molar-refractivity contribution in [3.8, 4) is 10.6 Å². The van der Waals surface area contributed by atoms with E-state index < -0.39 is 0 Å². The predicted molar refractivity (Wildman–Crippen MR) is 87.2 cm³/mol. The van der Waals surface area contributed by atoms with Crippen LogP contribution >= 0.6 is 11.3 Å². The van der Waals surface area contributed by atoms with Crippen LogP contribution in [0.15, 0.2) is 58.4 Å². The second-order valence-corrected chi connectivity index (χ2v) is 5.60. The van der Waals surface area contributed by atoms with Crippen LogP contribution in [-0.2, 0) is 4.79 Å². The molecule has 7 heteroatoms. The summed E-state index contributed by atoms with van der Waals surface area (Å²) in [6.07, 6.45) is 0. The van der Waals surface area contributed by atoms with Gasteiger partial charge in [-0.1, -0.05) is 29.4 Å². The minimum atomic E-state index is -0.386. The highest BCUT2D eigenvalue weighted by molar-refractivity contribution is 7.13. The first kappa shape index (κ1) is 15.0. The maximum Gasteiger partial charge on any atom is 0.251 e. The van der Waals surface area contributed by atoms with E-state index in [0.717, 1.165) is 4.88 Å². The normalized spacial score (nSPS) is 10.3. The fourth-order valence-electron chi connectivity index (χ4n) is 1.91. The van der Waals surface area contributed by atoms with Gasteiger partial charge >= 0.3 is 0 Å². The number of benzene rings is 1. The maximum atomic E-state index is 11.8. The van der Waals surface area contributed by atoms with Gasteiger partial charge in [0.1, 0.15) is 5.69 Å². The molecule has 0 saturated heterocycles. The Labute approximate surface area is 136 Å². The van der Waals surface area contributed by atoms with Crippen LogP contribution in [0.2, 0.25) is 0 Å². The number of amides is 2. The minimum Gasteiger partial charge on any atom is -0.343 e. The van der Waals surface area contributed by atoms with Crippen LogP contribution in [0.4, 0.5) is 5.88 Å². The molecule has 0 aliphatic heterocycles.